The van der Waals surface area contributed by atoms with E-state index in [1.54, 1.807) is 17.0 Å². The van der Waals surface area contributed by atoms with Crippen LogP contribution in [0.15, 0.2) is 30.6 Å². The van der Waals surface area contributed by atoms with E-state index in [1.165, 1.54) is 12.1 Å². The predicted octanol–water partition coefficient (Wildman–Crippen LogP) is 1.91. The molecule has 0 aliphatic carbocycles. The average molecular weight is 295 g/mol. The Hall–Kier alpha value is -2.41. The number of nitrogens with zero attached hydrogens (tertiary/aromatic N) is 3. The number of aryl methyl sites for hydroxylation is 1. The molecule has 1 aromatic carbocycles. The van der Waals surface area contributed by atoms with Crippen LogP contribution in [0.1, 0.15) is 16.2 Å². The minimum atomic E-state index is -0.627. The van der Waals surface area contributed by atoms with Gasteiger partial charge in [-0.25, -0.2) is 4.98 Å². The van der Waals surface area contributed by atoms with Gasteiger partial charge >= 0.3 is 0 Å². The number of imidazole rings is 1. The lowest BCUT2D eigenvalue weighted by atomic mass is 10.2. The topological polar surface area (TPSA) is 90.1 Å². The molecule has 8 heteroatoms. The molecule has 2 rings (SSSR count). The fourth-order valence-corrected chi connectivity index (χ4v) is 1.81. The van der Waals surface area contributed by atoms with Gasteiger partial charge in [0.05, 0.1) is 11.5 Å². The number of nitro groups is 1. The predicted molar refractivity (Wildman–Crippen MR) is 72.5 cm³/mol. The van der Waals surface area contributed by atoms with Gasteiger partial charge in [-0.3, -0.25) is 14.9 Å². The molecule has 1 heterocycles. The number of benzene rings is 1. The summed E-state index contributed by atoms with van der Waals surface area (Å²) >= 11 is 5.69. The summed E-state index contributed by atoms with van der Waals surface area (Å²) < 4.78 is 1.77. The number of hydrogen-bond donors (Lipinski definition) is 1. The Labute approximate surface area is 119 Å². The molecule has 0 saturated heterocycles. The molecule has 0 unspecified atom stereocenters. The van der Waals surface area contributed by atoms with Crippen LogP contribution in [0.2, 0.25) is 5.02 Å². The van der Waals surface area contributed by atoms with E-state index >= 15 is 0 Å². The van der Waals surface area contributed by atoms with Crippen molar-refractivity contribution in [3.63, 3.8) is 0 Å². The Morgan fingerprint density at radius 2 is 2.30 bits per heavy atom. The summed E-state index contributed by atoms with van der Waals surface area (Å²) in [6, 6.07) is 3.91. The van der Waals surface area contributed by atoms with Gasteiger partial charge in [-0.1, -0.05) is 11.6 Å². The highest BCUT2D eigenvalue weighted by molar-refractivity contribution is 6.32. The third-order valence-electron chi connectivity index (χ3n) is 2.73. The summed E-state index contributed by atoms with van der Waals surface area (Å²) in [7, 11) is 1.81. The summed E-state index contributed by atoms with van der Waals surface area (Å²) in [6.45, 7) is 0.235. The molecule has 2 aromatic rings. The second kappa shape index (κ2) is 5.70. The van der Waals surface area contributed by atoms with Crippen molar-refractivity contribution < 1.29 is 9.72 Å². The number of nitrogens with one attached hydrogen (secondary N) is 1. The van der Waals surface area contributed by atoms with Crippen molar-refractivity contribution in [2.24, 2.45) is 7.05 Å². The third-order valence-corrected chi connectivity index (χ3v) is 3.05. The fourth-order valence-electron chi connectivity index (χ4n) is 1.62. The van der Waals surface area contributed by atoms with Gasteiger partial charge < -0.3 is 9.88 Å². The summed E-state index contributed by atoms with van der Waals surface area (Å²) in [5, 5.41) is 13.4. The number of carbonyl (C=O) groups excluding carboxylic acids is 1. The number of amides is 1. The summed E-state index contributed by atoms with van der Waals surface area (Å²) in [5.41, 5.74) is -0.119. The molecule has 1 amide bonds. The number of halogens is 1. The van der Waals surface area contributed by atoms with Crippen LogP contribution in [0.25, 0.3) is 0 Å². The van der Waals surface area contributed by atoms with Gasteiger partial charge in [-0.2, -0.15) is 0 Å². The SMILES string of the molecule is Cn1ccnc1CNC(=O)c1ccc(Cl)c([N+](=O)[O-])c1. The van der Waals surface area contributed by atoms with Crippen LogP contribution in [-0.4, -0.2) is 20.4 Å². The van der Waals surface area contributed by atoms with Crippen molar-refractivity contribution >= 4 is 23.2 Å². The molecule has 0 radical (unpaired) electrons. The minimum Gasteiger partial charge on any atom is -0.345 e. The van der Waals surface area contributed by atoms with Gasteiger partial charge in [-0.05, 0) is 12.1 Å². The zero-order valence-electron chi connectivity index (χ0n) is 10.5. The molecule has 104 valence electrons. The second-order valence-electron chi connectivity index (χ2n) is 4.06. The smallest absolute Gasteiger partial charge is 0.288 e. The Kier molecular flexibility index (Phi) is 3.99. The highest BCUT2D eigenvalue weighted by Crippen LogP contribution is 2.24. The lowest BCUT2D eigenvalue weighted by Crippen LogP contribution is -2.24. The molecule has 7 nitrogen and oxygen atoms in total. The van der Waals surface area contributed by atoms with Crippen LogP contribution >= 0.6 is 11.6 Å². The zero-order chi connectivity index (χ0) is 14.7. The van der Waals surface area contributed by atoms with Crippen LogP contribution in [0.3, 0.4) is 0 Å². The lowest BCUT2D eigenvalue weighted by molar-refractivity contribution is -0.384. The molecule has 0 bridgehead atoms. The van der Waals surface area contributed by atoms with E-state index in [1.807, 2.05) is 7.05 Å². The van der Waals surface area contributed by atoms with E-state index in [2.05, 4.69) is 10.3 Å². The van der Waals surface area contributed by atoms with Crippen LogP contribution in [-0.2, 0) is 13.6 Å². The van der Waals surface area contributed by atoms with Crippen molar-refractivity contribution in [1.29, 1.82) is 0 Å². The van der Waals surface area contributed by atoms with E-state index in [0.29, 0.717) is 5.82 Å². The molecule has 1 aromatic heterocycles. The van der Waals surface area contributed by atoms with Crippen molar-refractivity contribution in [2.45, 2.75) is 6.54 Å². The van der Waals surface area contributed by atoms with Gasteiger partial charge in [-0.15, -0.1) is 0 Å². The summed E-state index contributed by atoms with van der Waals surface area (Å²) in [5.74, 6) is 0.259. The Bertz CT molecular complexity index is 668. The number of carbonyl (C=O) groups is 1. The summed E-state index contributed by atoms with van der Waals surface area (Å²) in [4.78, 5) is 26.1. The molecule has 0 spiro atoms. The monoisotopic (exact) mass is 294 g/mol. The van der Waals surface area contributed by atoms with Crippen LogP contribution in [0.5, 0.6) is 0 Å². The quantitative estimate of drug-likeness (QED) is 0.689. The van der Waals surface area contributed by atoms with Crippen LogP contribution in [0, 0.1) is 10.1 Å². The molecule has 0 aliphatic rings. The standard InChI is InChI=1S/C12H11ClN4O3/c1-16-5-4-14-11(16)7-15-12(18)8-2-3-9(13)10(6-8)17(19)20/h2-6H,7H2,1H3,(H,15,18). The highest BCUT2D eigenvalue weighted by atomic mass is 35.5. The minimum absolute atomic E-state index is 0.00403. The Morgan fingerprint density at radius 3 is 2.90 bits per heavy atom. The number of aromatic nitrogens is 2. The molecular formula is C12H11ClN4O3. The first-order valence-corrected chi connectivity index (χ1v) is 6.05. The van der Waals surface area contributed by atoms with E-state index < -0.39 is 10.8 Å². The van der Waals surface area contributed by atoms with E-state index in [4.69, 9.17) is 11.6 Å². The first-order chi connectivity index (χ1) is 9.49. The highest BCUT2D eigenvalue weighted by Gasteiger charge is 2.16. The molecule has 20 heavy (non-hydrogen) atoms. The van der Waals surface area contributed by atoms with E-state index in [9.17, 15) is 14.9 Å². The lowest BCUT2D eigenvalue weighted by Gasteiger charge is -2.05. The molecule has 1 N–H and O–H groups in total. The van der Waals surface area contributed by atoms with E-state index in [0.717, 1.165) is 6.07 Å². The number of rotatable bonds is 4. The Balaban J connectivity index is 2.12. The maximum atomic E-state index is 11.9. The maximum Gasteiger partial charge on any atom is 0.288 e. The van der Waals surface area contributed by atoms with Crippen molar-refractivity contribution in [2.75, 3.05) is 0 Å². The summed E-state index contributed by atoms with van der Waals surface area (Å²) in [6.07, 6.45) is 3.38. The van der Waals surface area contributed by atoms with Crippen LogP contribution < -0.4 is 5.32 Å². The van der Waals surface area contributed by atoms with Gasteiger partial charge in [0, 0.05) is 31.1 Å². The van der Waals surface area contributed by atoms with Crippen molar-refractivity contribution in [3.05, 3.63) is 57.1 Å². The first kappa shape index (κ1) is 14.0. The van der Waals surface area contributed by atoms with Gasteiger partial charge in [0.2, 0.25) is 0 Å². The van der Waals surface area contributed by atoms with Crippen LogP contribution in [0.4, 0.5) is 5.69 Å². The number of hydrogen-bond acceptors (Lipinski definition) is 4. The second-order valence-corrected chi connectivity index (χ2v) is 4.47. The molecule has 0 atom stereocenters. The molecular weight excluding hydrogens is 284 g/mol. The van der Waals surface area contributed by atoms with Crippen molar-refractivity contribution in [1.82, 2.24) is 14.9 Å². The molecule has 0 saturated carbocycles. The number of nitro benzene ring substituents is 1. The molecule has 0 aliphatic heterocycles. The maximum absolute atomic E-state index is 11.9. The fraction of sp³-hybridized carbons (Fsp3) is 0.167. The zero-order valence-corrected chi connectivity index (χ0v) is 11.3. The first-order valence-electron chi connectivity index (χ1n) is 5.67. The van der Waals surface area contributed by atoms with Gasteiger partial charge in [0.1, 0.15) is 10.8 Å². The average Bonchev–Trinajstić information content (AvgIpc) is 2.81. The normalized spacial score (nSPS) is 10.3. The van der Waals surface area contributed by atoms with Gasteiger partial charge in [0.15, 0.2) is 0 Å². The Morgan fingerprint density at radius 1 is 1.55 bits per heavy atom. The van der Waals surface area contributed by atoms with Crippen molar-refractivity contribution in [3.8, 4) is 0 Å². The molecule has 0 fully saturated rings. The van der Waals surface area contributed by atoms with Gasteiger partial charge in [0.25, 0.3) is 11.6 Å². The third kappa shape index (κ3) is 2.94. The van der Waals surface area contributed by atoms with E-state index in [-0.39, 0.29) is 22.8 Å². The largest absolute Gasteiger partial charge is 0.345 e.